The molecule has 1 aliphatic carbocycles. The van der Waals surface area contributed by atoms with Crippen molar-refractivity contribution in [2.75, 3.05) is 6.61 Å². The zero-order valence-corrected chi connectivity index (χ0v) is 10.3. The number of ketones is 1. The van der Waals surface area contributed by atoms with E-state index in [1.165, 1.54) is 0 Å². The van der Waals surface area contributed by atoms with Crippen LogP contribution < -0.4 is 0 Å². The van der Waals surface area contributed by atoms with Crippen molar-refractivity contribution in [3.8, 4) is 0 Å². The van der Waals surface area contributed by atoms with E-state index in [9.17, 15) is 9.59 Å². The summed E-state index contributed by atoms with van der Waals surface area (Å²) >= 11 is 0. The van der Waals surface area contributed by atoms with Gasteiger partial charge in [-0.25, -0.2) is 0 Å². The zero-order chi connectivity index (χ0) is 12.0. The van der Waals surface area contributed by atoms with Crippen LogP contribution in [0.25, 0.3) is 0 Å². The summed E-state index contributed by atoms with van der Waals surface area (Å²) in [5, 5.41) is 0. The van der Waals surface area contributed by atoms with E-state index in [1.807, 2.05) is 6.92 Å². The molecule has 1 rings (SSSR count). The van der Waals surface area contributed by atoms with Crippen LogP contribution in [0.1, 0.15) is 52.4 Å². The fraction of sp³-hybridized carbons (Fsp3) is 0.846. The molecule has 2 atom stereocenters. The lowest BCUT2D eigenvalue weighted by Gasteiger charge is -2.28. The van der Waals surface area contributed by atoms with Crippen molar-refractivity contribution in [1.82, 2.24) is 0 Å². The lowest BCUT2D eigenvalue weighted by Crippen LogP contribution is -2.32. The molecule has 0 N–H and O–H groups in total. The standard InChI is InChI=1S/C13H22O3/c1-3-5-6-10-9-11(14)7-8-12(10)13(15)16-4-2/h10,12H,3-9H2,1-2H3/t10-,12-/m0/s1. The van der Waals surface area contributed by atoms with Crippen molar-refractivity contribution in [2.24, 2.45) is 11.8 Å². The third-order valence-corrected chi connectivity index (χ3v) is 3.31. The number of unbranched alkanes of at least 4 members (excludes halogenated alkanes) is 1. The molecule has 0 heterocycles. The molecule has 1 saturated carbocycles. The summed E-state index contributed by atoms with van der Waals surface area (Å²) in [5.74, 6) is 0.391. The zero-order valence-electron chi connectivity index (χ0n) is 10.3. The molecule has 0 aromatic rings. The first-order valence-electron chi connectivity index (χ1n) is 6.37. The summed E-state index contributed by atoms with van der Waals surface area (Å²) in [7, 11) is 0. The van der Waals surface area contributed by atoms with Gasteiger partial charge in [0, 0.05) is 12.8 Å². The number of hydrogen-bond acceptors (Lipinski definition) is 3. The van der Waals surface area contributed by atoms with Gasteiger partial charge in [0.25, 0.3) is 0 Å². The van der Waals surface area contributed by atoms with E-state index in [0.717, 1.165) is 19.3 Å². The summed E-state index contributed by atoms with van der Waals surface area (Å²) in [6.07, 6.45) is 4.99. The molecule has 0 aliphatic heterocycles. The van der Waals surface area contributed by atoms with Gasteiger partial charge in [0.05, 0.1) is 12.5 Å². The van der Waals surface area contributed by atoms with Gasteiger partial charge in [-0.05, 0) is 25.7 Å². The molecule has 1 fully saturated rings. The highest BCUT2D eigenvalue weighted by Crippen LogP contribution is 2.32. The van der Waals surface area contributed by atoms with Gasteiger partial charge in [-0.3, -0.25) is 9.59 Å². The average Bonchev–Trinajstić information content (AvgIpc) is 2.26. The van der Waals surface area contributed by atoms with E-state index in [-0.39, 0.29) is 17.8 Å². The Morgan fingerprint density at radius 3 is 2.81 bits per heavy atom. The number of ether oxygens (including phenoxy) is 1. The van der Waals surface area contributed by atoms with Crippen LogP contribution in [0.3, 0.4) is 0 Å². The van der Waals surface area contributed by atoms with E-state index >= 15 is 0 Å². The van der Waals surface area contributed by atoms with Crippen molar-refractivity contribution in [2.45, 2.75) is 52.4 Å². The van der Waals surface area contributed by atoms with Crippen molar-refractivity contribution in [3.63, 3.8) is 0 Å². The number of hydrogen-bond donors (Lipinski definition) is 0. The Morgan fingerprint density at radius 1 is 1.44 bits per heavy atom. The molecule has 92 valence electrons. The van der Waals surface area contributed by atoms with Gasteiger partial charge in [0.2, 0.25) is 0 Å². The first-order valence-corrected chi connectivity index (χ1v) is 6.37. The second kappa shape index (κ2) is 6.66. The number of rotatable bonds is 5. The summed E-state index contributed by atoms with van der Waals surface area (Å²) in [6.45, 7) is 4.39. The highest BCUT2D eigenvalue weighted by Gasteiger charge is 2.34. The Hall–Kier alpha value is -0.860. The minimum Gasteiger partial charge on any atom is -0.466 e. The first-order chi connectivity index (χ1) is 7.69. The maximum atomic E-state index is 11.7. The summed E-state index contributed by atoms with van der Waals surface area (Å²) in [5.41, 5.74) is 0. The molecule has 0 spiro atoms. The largest absolute Gasteiger partial charge is 0.466 e. The molecule has 0 radical (unpaired) electrons. The predicted octanol–water partition coefficient (Wildman–Crippen LogP) is 2.73. The molecule has 0 aromatic heterocycles. The van der Waals surface area contributed by atoms with Crippen LogP contribution >= 0.6 is 0 Å². The SMILES string of the molecule is CCCC[C@H]1CC(=O)CC[C@@H]1C(=O)OCC. The Kier molecular flexibility index (Phi) is 5.50. The van der Waals surface area contributed by atoms with Gasteiger partial charge in [0.15, 0.2) is 0 Å². The van der Waals surface area contributed by atoms with Crippen LogP contribution in [0.5, 0.6) is 0 Å². The lowest BCUT2D eigenvalue weighted by molar-refractivity contribution is -0.152. The molecule has 16 heavy (non-hydrogen) atoms. The quantitative estimate of drug-likeness (QED) is 0.677. The van der Waals surface area contributed by atoms with Crippen LogP contribution in [0.4, 0.5) is 0 Å². The van der Waals surface area contributed by atoms with Crippen LogP contribution in [0, 0.1) is 11.8 Å². The van der Waals surface area contributed by atoms with E-state index in [1.54, 1.807) is 0 Å². The van der Waals surface area contributed by atoms with Crippen LogP contribution in [0.15, 0.2) is 0 Å². The minimum absolute atomic E-state index is 0.0378. The molecular weight excluding hydrogens is 204 g/mol. The second-order valence-electron chi connectivity index (χ2n) is 4.54. The molecule has 3 heteroatoms. The van der Waals surface area contributed by atoms with E-state index in [4.69, 9.17) is 4.74 Å². The maximum absolute atomic E-state index is 11.7. The first kappa shape index (κ1) is 13.2. The topological polar surface area (TPSA) is 43.4 Å². The smallest absolute Gasteiger partial charge is 0.309 e. The minimum atomic E-state index is -0.101. The molecule has 1 aliphatic rings. The van der Waals surface area contributed by atoms with Gasteiger partial charge in [-0.2, -0.15) is 0 Å². The molecule has 3 nitrogen and oxygen atoms in total. The van der Waals surface area contributed by atoms with E-state index in [2.05, 4.69) is 6.92 Å². The van der Waals surface area contributed by atoms with Crippen molar-refractivity contribution in [3.05, 3.63) is 0 Å². The molecule has 0 aromatic carbocycles. The van der Waals surface area contributed by atoms with Crippen molar-refractivity contribution in [1.29, 1.82) is 0 Å². The van der Waals surface area contributed by atoms with Crippen LogP contribution in [-0.4, -0.2) is 18.4 Å². The lowest BCUT2D eigenvalue weighted by atomic mass is 9.76. The molecule has 0 amide bonds. The fourth-order valence-electron chi connectivity index (χ4n) is 2.42. The second-order valence-corrected chi connectivity index (χ2v) is 4.54. The van der Waals surface area contributed by atoms with Gasteiger partial charge >= 0.3 is 5.97 Å². The maximum Gasteiger partial charge on any atom is 0.309 e. The highest BCUT2D eigenvalue weighted by atomic mass is 16.5. The van der Waals surface area contributed by atoms with Gasteiger partial charge in [0.1, 0.15) is 5.78 Å². The average molecular weight is 226 g/mol. The summed E-state index contributed by atoms with van der Waals surface area (Å²) < 4.78 is 5.08. The highest BCUT2D eigenvalue weighted by molar-refractivity contribution is 5.83. The summed E-state index contributed by atoms with van der Waals surface area (Å²) in [6, 6.07) is 0. The third kappa shape index (κ3) is 3.62. The third-order valence-electron chi connectivity index (χ3n) is 3.31. The van der Waals surface area contributed by atoms with Gasteiger partial charge < -0.3 is 4.74 Å². The summed E-state index contributed by atoms with van der Waals surface area (Å²) in [4.78, 5) is 23.2. The van der Waals surface area contributed by atoms with Crippen molar-refractivity contribution < 1.29 is 14.3 Å². The number of Topliss-reactive ketones (excluding diaryl/α,β-unsaturated/α-hetero) is 1. The van der Waals surface area contributed by atoms with Gasteiger partial charge in [-0.15, -0.1) is 0 Å². The normalized spacial score (nSPS) is 25.5. The van der Waals surface area contributed by atoms with E-state index < -0.39 is 0 Å². The Bertz CT molecular complexity index is 248. The van der Waals surface area contributed by atoms with Crippen molar-refractivity contribution >= 4 is 11.8 Å². The number of esters is 1. The predicted molar refractivity (Wildman–Crippen MR) is 62.0 cm³/mol. The fourth-order valence-corrected chi connectivity index (χ4v) is 2.42. The number of carbonyl (C=O) groups is 2. The van der Waals surface area contributed by atoms with Crippen LogP contribution in [0.2, 0.25) is 0 Å². The Labute approximate surface area is 97.5 Å². The molecular formula is C13H22O3. The Morgan fingerprint density at radius 2 is 2.19 bits per heavy atom. The monoisotopic (exact) mass is 226 g/mol. The van der Waals surface area contributed by atoms with Crippen LogP contribution in [-0.2, 0) is 14.3 Å². The molecule has 0 unspecified atom stereocenters. The number of carbonyl (C=O) groups excluding carboxylic acids is 2. The molecule has 0 saturated heterocycles. The molecule has 0 bridgehead atoms. The van der Waals surface area contributed by atoms with Gasteiger partial charge in [-0.1, -0.05) is 19.8 Å². The Balaban J connectivity index is 2.56. The van der Waals surface area contributed by atoms with E-state index in [0.29, 0.717) is 31.7 Å².